The largest absolute Gasteiger partial charge is 0.481 e. The molecule has 78 valence electrons. The van der Waals surface area contributed by atoms with E-state index in [0.29, 0.717) is 0 Å². The van der Waals surface area contributed by atoms with Gasteiger partial charge in [-0.3, -0.25) is 4.79 Å². The number of aliphatic carboxylic acids is 1. The second kappa shape index (κ2) is 3.36. The zero-order valence-electron chi connectivity index (χ0n) is 7.71. The number of carbonyl (C=O) groups is 1. The van der Waals surface area contributed by atoms with Crippen LogP contribution < -0.4 is 0 Å². The summed E-state index contributed by atoms with van der Waals surface area (Å²) in [5.74, 6) is -5.01. The summed E-state index contributed by atoms with van der Waals surface area (Å²) in [5.41, 5.74) is -0.374. The third-order valence-corrected chi connectivity index (χ3v) is 1.85. The molecule has 4 nitrogen and oxygen atoms in total. The number of hydrogen-bond donors (Lipinski definition) is 2. The molecule has 2 N–H and O–H groups in total. The molecule has 1 aromatic heterocycles. The highest BCUT2D eigenvalue weighted by atomic mass is 19.3. The number of H-pyrrole nitrogens is 1. The van der Waals surface area contributed by atoms with Gasteiger partial charge < -0.3 is 10.1 Å². The summed E-state index contributed by atoms with van der Waals surface area (Å²) >= 11 is 0. The van der Waals surface area contributed by atoms with Crippen LogP contribution in [0.5, 0.6) is 0 Å². The van der Waals surface area contributed by atoms with Crippen LogP contribution in [-0.2, 0) is 10.7 Å². The molecule has 0 amide bonds. The molecule has 0 spiro atoms. The molecule has 1 unspecified atom stereocenters. The molecule has 0 saturated heterocycles. The van der Waals surface area contributed by atoms with Gasteiger partial charge in [0.1, 0.15) is 17.4 Å². The first kappa shape index (κ1) is 10.6. The van der Waals surface area contributed by atoms with E-state index in [1.807, 2.05) is 0 Å². The van der Waals surface area contributed by atoms with Crippen LogP contribution in [0.4, 0.5) is 8.78 Å². The van der Waals surface area contributed by atoms with E-state index >= 15 is 0 Å². The minimum atomic E-state index is -3.02. The van der Waals surface area contributed by atoms with Gasteiger partial charge in [-0.1, -0.05) is 0 Å². The summed E-state index contributed by atoms with van der Waals surface area (Å²) in [4.78, 5) is 16.4. The van der Waals surface area contributed by atoms with E-state index in [1.54, 1.807) is 0 Å². The minimum Gasteiger partial charge on any atom is -0.481 e. The van der Waals surface area contributed by atoms with Crippen molar-refractivity contribution in [2.75, 3.05) is 0 Å². The molecular weight excluding hydrogens is 194 g/mol. The lowest BCUT2D eigenvalue weighted by Crippen LogP contribution is -2.11. The highest BCUT2D eigenvalue weighted by Crippen LogP contribution is 2.26. The van der Waals surface area contributed by atoms with Crippen LogP contribution in [-0.4, -0.2) is 21.0 Å². The molecule has 6 heteroatoms. The van der Waals surface area contributed by atoms with Crippen molar-refractivity contribution in [1.29, 1.82) is 0 Å². The monoisotopic (exact) mass is 204 g/mol. The zero-order valence-corrected chi connectivity index (χ0v) is 7.71. The molecule has 1 rings (SSSR count). The van der Waals surface area contributed by atoms with Crippen LogP contribution in [0, 0.1) is 0 Å². The van der Waals surface area contributed by atoms with Gasteiger partial charge in [0.15, 0.2) is 0 Å². The Morgan fingerprint density at radius 1 is 1.71 bits per heavy atom. The van der Waals surface area contributed by atoms with E-state index in [-0.39, 0.29) is 11.5 Å². The Kier molecular flexibility index (Phi) is 2.55. The van der Waals surface area contributed by atoms with Crippen molar-refractivity contribution in [3.8, 4) is 0 Å². The van der Waals surface area contributed by atoms with E-state index in [1.165, 1.54) is 6.92 Å². The fourth-order valence-electron chi connectivity index (χ4n) is 0.897. The van der Waals surface area contributed by atoms with Gasteiger partial charge in [-0.15, -0.1) is 0 Å². The number of halogens is 2. The molecule has 0 aliphatic rings. The van der Waals surface area contributed by atoms with Gasteiger partial charge in [0.25, 0.3) is 5.92 Å². The molecule has 0 fully saturated rings. The summed E-state index contributed by atoms with van der Waals surface area (Å²) < 4.78 is 25.4. The van der Waals surface area contributed by atoms with Crippen LogP contribution in [0.25, 0.3) is 0 Å². The van der Waals surface area contributed by atoms with Crippen LogP contribution in [0.15, 0.2) is 6.20 Å². The average molecular weight is 204 g/mol. The third kappa shape index (κ3) is 2.07. The maximum atomic E-state index is 12.7. The molecule has 0 aromatic carbocycles. The number of carboxylic acid groups (broad SMARTS) is 1. The molecule has 0 saturated carbocycles. The smallest absolute Gasteiger partial charge is 0.313 e. The maximum absolute atomic E-state index is 12.7. The van der Waals surface area contributed by atoms with Crippen LogP contribution in [0.2, 0.25) is 0 Å². The number of carboxylic acids is 1. The number of imidazole rings is 1. The predicted octanol–water partition coefficient (Wildman–Crippen LogP) is 1.71. The Morgan fingerprint density at radius 2 is 2.29 bits per heavy atom. The summed E-state index contributed by atoms with van der Waals surface area (Å²) in [6, 6.07) is 0. The summed E-state index contributed by atoms with van der Waals surface area (Å²) in [7, 11) is 0. The van der Waals surface area contributed by atoms with Crippen molar-refractivity contribution in [1.82, 2.24) is 9.97 Å². The second-order valence-corrected chi connectivity index (χ2v) is 3.13. The van der Waals surface area contributed by atoms with Crippen molar-refractivity contribution < 1.29 is 18.7 Å². The average Bonchev–Trinajstić information content (AvgIpc) is 2.49. The molecule has 0 aliphatic heterocycles. The SMILES string of the molecule is CC(C(=O)O)c1ncc(C(C)(F)F)[nH]1. The van der Waals surface area contributed by atoms with Gasteiger partial charge in [0, 0.05) is 6.92 Å². The molecular formula is C8H10F2N2O2. The van der Waals surface area contributed by atoms with E-state index < -0.39 is 17.8 Å². The fraction of sp³-hybridized carbons (Fsp3) is 0.500. The number of aromatic nitrogens is 2. The van der Waals surface area contributed by atoms with Crippen LogP contribution >= 0.6 is 0 Å². The number of rotatable bonds is 3. The lowest BCUT2D eigenvalue weighted by Gasteiger charge is -2.06. The van der Waals surface area contributed by atoms with E-state index in [2.05, 4.69) is 9.97 Å². The zero-order chi connectivity index (χ0) is 10.9. The third-order valence-electron chi connectivity index (χ3n) is 1.85. The number of nitrogens with zero attached hydrogens (tertiary/aromatic N) is 1. The lowest BCUT2D eigenvalue weighted by molar-refractivity contribution is -0.138. The first-order valence-electron chi connectivity index (χ1n) is 3.98. The standard InChI is InChI=1S/C8H10F2N2O2/c1-4(7(13)14)6-11-3-5(12-6)8(2,9)10/h3-4H,1-2H3,(H,11,12)(H,13,14). The number of nitrogens with one attached hydrogen (secondary N) is 1. The summed E-state index contributed by atoms with van der Waals surface area (Å²) in [5, 5.41) is 8.60. The van der Waals surface area contributed by atoms with Gasteiger partial charge in [0.05, 0.1) is 6.20 Å². The molecule has 0 bridgehead atoms. The summed E-state index contributed by atoms with van der Waals surface area (Å²) in [6.07, 6.45) is 0.953. The molecule has 14 heavy (non-hydrogen) atoms. The molecule has 1 atom stereocenters. The van der Waals surface area contributed by atoms with Gasteiger partial charge in [-0.25, -0.2) is 4.98 Å². The quantitative estimate of drug-likeness (QED) is 0.787. The van der Waals surface area contributed by atoms with E-state index in [4.69, 9.17) is 5.11 Å². The molecule has 0 aliphatic carbocycles. The van der Waals surface area contributed by atoms with Crippen molar-refractivity contribution in [3.05, 3.63) is 17.7 Å². The normalized spacial score (nSPS) is 14.0. The number of alkyl halides is 2. The van der Waals surface area contributed by atoms with Crippen molar-refractivity contribution >= 4 is 5.97 Å². The Hall–Kier alpha value is -1.46. The van der Waals surface area contributed by atoms with E-state index in [9.17, 15) is 13.6 Å². The van der Waals surface area contributed by atoms with Gasteiger partial charge >= 0.3 is 5.97 Å². The topological polar surface area (TPSA) is 66.0 Å². The van der Waals surface area contributed by atoms with Gasteiger partial charge in [0.2, 0.25) is 0 Å². The highest BCUT2D eigenvalue weighted by Gasteiger charge is 2.28. The van der Waals surface area contributed by atoms with E-state index in [0.717, 1.165) is 13.1 Å². The van der Waals surface area contributed by atoms with Crippen molar-refractivity contribution in [2.24, 2.45) is 0 Å². The van der Waals surface area contributed by atoms with Gasteiger partial charge in [-0.05, 0) is 6.92 Å². The second-order valence-electron chi connectivity index (χ2n) is 3.13. The first-order valence-corrected chi connectivity index (χ1v) is 3.98. The number of aromatic amines is 1. The maximum Gasteiger partial charge on any atom is 0.313 e. The highest BCUT2D eigenvalue weighted by molar-refractivity contribution is 5.74. The Morgan fingerprint density at radius 3 is 2.64 bits per heavy atom. The Balaban J connectivity index is 2.94. The van der Waals surface area contributed by atoms with Crippen LogP contribution in [0.3, 0.4) is 0 Å². The molecule has 0 radical (unpaired) electrons. The molecule has 1 aromatic rings. The Bertz CT molecular complexity index is 343. The van der Waals surface area contributed by atoms with Crippen molar-refractivity contribution in [3.63, 3.8) is 0 Å². The minimum absolute atomic E-state index is 0.0361. The Labute approximate surface area is 79.0 Å². The predicted molar refractivity (Wildman–Crippen MR) is 44.2 cm³/mol. The first-order chi connectivity index (χ1) is 6.32. The number of hydrogen-bond acceptors (Lipinski definition) is 2. The molecule has 1 heterocycles. The lowest BCUT2D eigenvalue weighted by atomic mass is 10.2. The van der Waals surface area contributed by atoms with Crippen molar-refractivity contribution in [2.45, 2.75) is 25.7 Å². The summed E-state index contributed by atoms with van der Waals surface area (Å²) in [6.45, 7) is 2.09. The van der Waals surface area contributed by atoms with Gasteiger partial charge in [-0.2, -0.15) is 8.78 Å². The fourth-order valence-corrected chi connectivity index (χ4v) is 0.897. The van der Waals surface area contributed by atoms with Crippen LogP contribution in [0.1, 0.15) is 31.3 Å².